The van der Waals surface area contributed by atoms with Crippen LogP contribution >= 0.6 is 27.5 Å². The van der Waals surface area contributed by atoms with E-state index >= 15 is 0 Å². The van der Waals surface area contributed by atoms with Crippen molar-refractivity contribution >= 4 is 27.5 Å². The second-order valence-electron chi connectivity index (χ2n) is 3.97. The molecule has 0 atom stereocenters. The molecule has 4 heteroatoms. The minimum atomic E-state index is -0.430. The molecule has 1 nitrogen and oxygen atoms in total. The fourth-order valence-corrected chi connectivity index (χ4v) is 2.24. The Hall–Kier alpha value is -1.06. The molecule has 0 aliphatic rings. The van der Waals surface area contributed by atoms with Gasteiger partial charge in [-0.15, -0.1) is 0 Å². The molecule has 2 aromatic carbocycles. The van der Waals surface area contributed by atoms with Gasteiger partial charge in [0.15, 0.2) is 0 Å². The van der Waals surface area contributed by atoms with Gasteiger partial charge >= 0.3 is 0 Å². The highest BCUT2D eigenvalue weighted by molar-refractivity contribution is 9.10. The van der Waals surface area contributed by atoms with Crippen molar-refractivity contribution in [3.8, 4) is 5.75 Å². The Balaban J connectivity index is 2.09. The Bertz CT molecular complexity index is 572. The summed E-state index contributed by atoms with van der Waals surface area (Å²) in [5.41, 5.74) is 1.89. The predicted octanol–water partition coefficient (Wildman–Crippen LogP) is 5.13. The first-order chi connectivity index (χ1) is 8.56. The zero-order valence-corrected chi connectivity index (χ0v) is 12.1. The molecule has 18 heavy (non-hydrogen) atoms. The van der Waals surface area contributed by atoms with Gasteiger partial charge in [-0.2, -0.15) is 0 Å². The summed E-state index contributed by atoms with van der Waals surface area (Å²) in [5.74, 6) is 0.302. The van der Waals surface area contributed by atoms with Crippen LogP contribution in [-0.4, -0.2) is 0 Å². The maximum atomic E-state index is 13.2. The third-order valence-corrected chi connectivity index (χ3v) is 3.39. The van der Waals surface area contributed by atoms with Gasteiger partial charge in [-0.05, 0) is 58.2 Å². The van der Waals surface area contributed by atoms with Crippen LogP contribution in [0.25, 0.3) is 0 Å². The van der Waals surface area contributed by atoms with Gasteiger partial charge in [0.1, 0.15) is 18.2 Å². The molecule has 0 saturated heterocycles. The van der Waals surface area contributed by atoms with Crippen LogP contribution in [-0.2, 0) is 6.61 Å². The van der Waals surface area contributed by atoms with E-state index in [1.165, 1.54) is 12.1 Å². The number of hydrogen-bond donors (Lipinski definition) is 0. The molecule has 0 amide bonds. The van der Waals surface area contributed by atoms with Gasteiger partial charge in [0.05, 0.1) is 9.50 Å². The van der Waals surface area contributed by atoms with Crippen LogP contribution in [0, 0.1) is 12.7 Å². The highest BCUT2D eigenvalue weighted by atomic mass is 79.9. The number of aryl methyl sites for hydroxylation is 1. The summed E-state index contributed by atoms with van der Waals surface area (Å²) in [5, 5.41) is 0.121. The molecule has 0 radical (unpaired) electrons. The Morgan fingerprint density at radius 2 is 2.00 bits per heavy atom. The summed E-state index contributed by atoms with van der Waals surface area (Å²) in [4.78, 5) is 0. The zero-order valence-electron chi connectivity index (χ0n) is 9.71. The second kappa shape index (κ2) is 5.72. The average molecular weight is 330 g/mol. The number of benzene rings is 2. The summed E-state index contributed by atoms with van der Waals surface area (Å²) in [6.45, 7) is 2.30. The van der Waals surface area contributed by atoms with E-state index in [2.05, 4.69) is 15.9 Å². The second-order valence-corrected chi connectivity index (χ2v) is 5.23. The normalized spacial score (nSPS) is 10.4. The predicted molar refractivity (Wildman–Crippen MR) is 74.6 cm³/mol. The van der Waals surface area contributed by atoms with Crippen molar-refractivity contribution in [2.45, 2.75) is 13.5 Å². The molecular formula is C14H11BrClFO. The van der Waals surface area contributed by atoms with E-state index in [-0.39, 0.29) is 5.02 Å². The van der Waals surface area contributed by atoms with Gasteiger partial charge in [-0.25, -0.2) is 4.39 Å². The molecule has 0 aliphatic carbocycles. The third kappa shape index (κ3) is 3.24. The molecule has 0 spiro atoms. The standard InChI is InChI=1S/C14H11BrClFO/c1-9-2-5-14(11(15)6-9)18-8-10-3-4-12(16)13(17)7-10/h2-7H,8H2,1H3. The lowest BCUT2D eigenvalue weighted by Gasteiger charge is -2.09. The van der Waals surface area contributed by atoms with E-state index in [0.717, 1.165) is 21.3 Å². The molecule has 94 valence electrons. The van der Waals surface area contributed by atoms with Gasteiger partial charge < -0.3 is 4.74 Å². The van der Waals surface area contributed by atoms with Crippen LogP contribution in [0.15, 0.2) is 40.9 Å². The maximum absolute atomic E-state index is 13.2. The fourth-order valence-electron chi connectivity index (χ4n) is 1.51. The van der Waals surface area contributed by atoms with E-state index in [1.54, 1.807) is 6.07 Å². The quantitative estimate of drug-likeness (QED) is 0.758. The van der Waals surface area contributed by atoms with Crippen LogP contribution in [0.5, 0.6) is 5.75 Å². The van der Waals surface area contributed by atoms with Crippen molar-refractivity contribution < 1.29 is 9.13 Å². The van der Waals surface area contributed by atoms with Gasteiger partial charge in [0.2, 0.25) is 0 Å². The number of rotatable bonds is 3. The molecular weight excluding hydrogens is 319 g/mol. The van der Waals surface area contributed by atoms with Crippen LogP contribution in [0.3, 0.4) is 0 Å². The van der Waals surface area contributed by atoms with E-state index in [4.69, 9.17) is 16.3 Å². The average Bonchev–Trinajstić information content (AvgIpc) is 2.32. The topological polar surface area (TPSA) is 9.23 Å². The molecule has 0 bridgehead atoms. The van der Waals surface area contributed by atoms with Gasteiger partial charge in [0, 0.05) is 0 Å². The molecule has 2 rings (SSSR count). The summed E-state index contributed by atoms with van der Waals surface area (Å²) < 4.78 is 19.7. The fraction of sp³-hybridized carbons (Fsp3) is 0.143. The number of hydrogen-bond acceptors (Lipinski definition) is 1. The lowest BCUT2D eigenvalue weighted by molar-refractivity contribution is 0.303. The lowest BCUT2D eigenvalue weighted by Crippen LogP contribution is -1.97. The third-order valence-electron chi connectivity index (χ3n) is 2.47. The van der Waals surface area contributed by atoms with Crippen LogP contribution in [0.2, 0.25) is 5.02 Å². The molecule has 0 unspecified atom stereocenters. The van der Waals surface area contributed by atoms with Gasteiger partial charge in [0.25, 0.3) is 0 Å². The molecule has 0 aromatic heterocycles. The largest absolute Gasteiger partial charge is 0.488 e. The Morgan fingerprint density at radius 1 is 1.22 bits per heavy atom. The van der Waals surface area contributed by atoms with Crippen molar-refractivity contribution in [3.63, 3.8) is 0 Å². The smallest absolute Gasteiger partial charge is 0.142 e. The van der Waals surface area contributed by atoms with E-state index in [1.807, 2.05) is 25.1 Å². The molecule has 0 saturated carbocycles. The van der Waals surface area contributed by atoms with Gasteiger partial charge in [-0.3, -0.25) is 0 Å². The molecule has 0 heterocycles. The maximum Gasteiger partial charge on any atom is 0.142 e. The summed E-state index contributed by atoms with van der Waals surface area (Å²) in [7, 11) is 0. The first-order valence-corrected chi connectivity index (χ1v) is 6.56. The van der Waals surface area contributed by atoms with Crippen molar-refractivity contribution in [2.75, 3.05) is 0 Å². The first-order valence-electron chi connectivity index (χ1n) is 5.39. The number of ether oxygens (including phenoxy) is 1. The van der Waals surface area contributed by atoms with E-state index in [9.17, 15) is 4.39 Å². The molecule has 2 aromatic rings. The minimum absolute atomic E-state index is 0.121. The molecule has 0 N–H and O–H groups in total. The highest BCUT2D eigenvalue weighted by Crippen LogP contribution is 2.26. The molecule has 0 aliphatic heterocycles. The van der Waals surface area contributed by atoms with E-state index < -0.39 is 5.82 Å². The summed E-state index contributed by atoms with van der Waals surface area (Å²) >= 11 is 9.04. The Kier molecular flexibility index (Phi) is 4.25. The van der Waals surface area contributed by atoms with Crippen LogP contribution in [0.1, 0.15) is 11.1 Å². The van der Waals surface area contributed by atoms with Crippen molar-refractivity contribution in [2.24, 2.45) is 0 Å². The molecule has 0 fully saturated rings. The van der Waals surface area contributed by atoms with Crippen molar-refractivity contribution in [1.29, 1.82) is 0 Å². The van der Waals surface area contributed by atoms with E-state index in [0.29, 0.717) is 6.61 Å². The first kappa shape index (κ1) is 13.4. The summed E-state index contributed by atoms with van der Waals surface area (Å²) in [6, 6.07) is 10.5. The Morgan fingerprint density at radius 3 is 2.67 bits per heavy atom. The van der Waals surface area contributed by atoms with Crippen molar-refractivity contribution in [1.82, 2.24) is 0 Å². The minimum Gasteiger partial charge on any atom is -0.488 e. The lowest BCUT2D eigenvalue weighted by atomic mass is 10.2. The van der Waals surface area contributed by atoms with Crippen LogP contribution in [0.4, 0.5) is 4.39 Å². The van der Waals surface area contributed by atoms with Crippen LogP contribution < -0.4 is 4.74 Å². The monoisotopic (exact) mass is 328 g/mol. The SMILES string of the molecule is Cc1ccc(OCc2ccc(Cl)c(F)c2)c(Br)c1. The highest BCUT2D eigenvalue weighted by Gasteiger charge is 2.04. The zero-order chi connectivity index (χ0) is 13.1. The Labute approximate surface area is 119 Å². The van der Waals surface area contributed by atoms with Gasteiger partial charge in [-0.1, -0.05) is 23.7 Å². The summed E-state index contributed by atoms with van der Waals surface area (Å²) in [6.07, 6.45) is 0. The van der Waals surface area contributed by atoms with Crippen molar-refractivity contribution in [3.05, 3.63) is 62.8 Å². The number of halogens is 3.